The zero-order valence-electron chi connectivity index (χ0n) is 29.6. The first-order valence-electron chi connectivity index (χ1n) is 17.5. The van der Waals surface area contributed by atoms with Crippen molar-refractivity contribution in [1.82, 2.24) is 4.90 Å². The number of carbonyl (C=O) groups is 2. The number of unbranched alkanes of at least 4 members (excludes halogenated alkanes) is 2. The zero-order chi connectivity index (χ0) is 34.9. The molecule has 0 aromatic heterocycles. The Labute approximate surface area is 290 Å². The molecular weight excluding hydrogens is 612 g/mol. The van der Waals surface area contributed by atoms with Crippen LogP contribution in [0.5, 0.6) is 11.5 Å². The van der Waals surface area contributed by atoms with Gasteiger partial charge in [0, 0.05) is 22.9 Å². The van der Waals surface area contributed by atoms with Gasteiger partial charge in [0.15, 0.2) is 0 Å². The Morgan fingerprint density at radius 2 is 1.55 bits per heavy atom. The zero-order valence-corrected chi connectivity index (χ0v) is 29.6. The van der Waals surface area contributed by atoms with Gasteiger partial charge in [0.1, 0.15) is 11.5 Å². The Balaban J connectivity index is 1.34. The molecule has 2 bridgehead atoms. The number of allylic oxidation sites excluding steroid dienone is 1. The number of rotatable bonds is 14. The van der Waals surface area contributed by atoms with Crippen LogP contribution in [0.3, 0.4) is 0 Å². The number of hydrogen-bond donors (Lipinski definition) is 0. The monoisotopic (exact) mass is 660 g/mol. The van der Waals surface area contributed by atoms with Gasteiger partial charge in [0.25, 0.3) is 11.8 Å². The average molecular weight is 661 g/mol. The molecule has 1 heterocycles. The second kappa shape index (κ2) is 13.8. The van der Waals surface area contributed by atoms with E-state index in [1.807, 2.05) is 12.1 Å². The minimum Gasteiger partial charge on any atom is -0.496 e. The highest BCUT2D eigenvalue weighted by Gasteiger charge is 2.57. The lowest BCUT2D eigenvalue weighted by Crippen LogP contribution is -2.53. The molecule has 1 saturated carbocycles. The Morgan fingerprint density at radius 1 is 0.939 bits per heavy atom. The molecule has 1 fully saturated rings. The Kier molecular flexibility index (Phi) is 9.63. The van der Waals surface area contributed by atoms with Crippen molar-refractivity contribution in [3.05, 3.63) is 117 Å². The number of benzene rings is 3. The van der Waals surface area contributed by atoms with Gasteiger partial charge in [0.2, 0.25) is 0 Å². The summed E-state index contributed by atoms with van der Waals surface area (Å²) in [4.78, 5) is 31.0. The molecule has 8 heteroatoms. The van der Waals surface area contributed by atoms with E-state index >= 15 is 0 Å². The van der Waals surface area contributed by atoms with E-state index in [0.29, 0.717) is 36.1 Å². The standard InChI is InChI=1S/C41H48N4O4/c1-40(2,32(26-15-9-7-10-16-26)19-11-8-14-20-43-44-42)28-22-35(48-5)37(36(23-28)49-6)31-21-27(33-24-34(31)41(33,3)4)25-45-38(46)29-17-12-13-18-30(29)39(45)47/h7,9-10,12-13,15-18,21-23,31-34H,8,11,14,19-20,24-25H2,1-6H3/t31-,32-,33+,34-/m0/s1. The van der Waals surface area contributed by atoms with E-state index in [-0.39, 0.29) is 34.5 Å². The van der Waals surface area contributed by atoms with Crippen LogP contribution in [-0.4, -0.2) is 44.0 Å². The van der Waals surface area contributed by atoms with Gasteiger partial charge >= 0.3 is 0 Å². The minimum absolute atomic E-state index is 0.00762. The molecule has 0 radical (unpaired) electrons. The van der Waals surface area contributed by atoms with E-state index in [4.69, 9.17) is 15.0 Å². The first kappa shape index (κ1) is 34.3. The summed E-state index contributed by atoms with van der Waals surface area (Å²) in [6.07, 6.45) is 7.18. The van der Waals surface area contributed by atoms with Crippen LogP contribution in [0.2, 0.25) is 0 Å². The number of carbonyl (C=O) groups excluding carboxylic acids is 2. The molecule has 3 aliphatic carbocycles. The van der Waals surface area contributed by atoms with Gasteiger partial charge in [-0.2, -0.15) is 0 Å². The molecule has 4 atom stereocenters. The number of amides is 2. The van der Waals surface area contributed by atoms with Gasteiger partial charge in [-0.05, 0) is 88.8 Å². The summed E-state index contributed by atoms with van der Waals surface area (Å²) in [6, 6.07) is 22.2. The maximum atomic E-state index is 13.3. The molecular formula is C41H48N4O4. The number of methoxy groups -OCH3 is 2. The third kappa shape index (κ3) is 6.12. The quantitative estimate of drug-likeness (QED) is 0.0429. The Hall–Kier alpha value is -4.55. The fraction of sp³-hybridized carbons (Fsp3) is 0.463. The van der Waals surface area contributed by atoms with E-state index in [2.05, 4.69) is 86.3 Å². The van der Waals surface area contributed by atoms with Crippen LogP contribution in [0.25, 0.3) is 10.4 Å². The number of imide groups is 1. The fourth-order valence-corrected chi connectivity index (χ4v) is 8.90. The van der Waals surface area contributed by atoms with Crippen LogP contribution in [0.15, 0.2) is 83.5 Å². The van der Waals surface area contributed by atoms with Crippen molar-refractivity contribution < 1.29 is 19.1 Å². The molecule has 49 heavy (non-hydrogen) atoms. The number of fused-ring (bicyclic) bond motifs is 2. The van der Waals surface area contributed by atoms with E-state index in [0.717, 1.165) is 60.3 Å². The molecule has 0 N–H and O–H groups in total. The molecule has 3 aromatic rings. The summed E-state index contributed by atoms with van der Waals surface area (Å²) in [7, 11) is 3.46. The highest BCUT2D eigenvalue weighted by atomic mass is 16.5. The van der Waals surface area contributed by atoms with Crippen LogP contribution >= 0.6 is 0 Å². The topological polar surface area (TPSA) is 105 Å². The largest absolute Gasteiger partial charge is 0.496 e. The molecule has 0 spiro atoms. The van der Waals surface area contributed by atoms with Crippen molar-refractivity contribution in [1.29, 1.82) is 0 Å². The minimum atomic E-state index is -0.259. The summed E-state index contributed by atoms with van der Waals surface area (Å²) in [6.45, 7) is 10.0. The summed E-state index contributed by atoms with van der Waals surface area (Å²) in [5.74, 6) is 2.07. The van der Waals surface area contributed by atoms with Crippen molar-refractivity contribution in [2.45, 2.75) is 77.0 Å². The normalized spacial score (nSPS) is 21.3. The predicted octanol–water partition coefficient (Wildman–Crippen LogP) is 9.62. The number of azide groups is 1. The van der Waals surface area contributed by atoms with Crippen LogP contribution in [0, 0.1) is 17.3 Å². The van der Waals surface area contributed by atoms with Crippen LogP contribution < -0.4 is 9.47 Å². The van der Waals surface area contributed by atoms with Gasteiger partial charge < -0.3 is 9.47 Å². The second-order valence-corrected chi connectivity index (χ2v) is 15.0. The van der Waals surface area contributed by atoms with E-state index < -0.39 is 0 Å². The van der Waals surface area contributed by atoms with Gasteiger partial charge in [-0.25, -0.2) is 0 Å². The average Bonchev–Trinajstić information content (AvgIpc) is 3.35. The van der Waals surface area contributed by atoms with Crippen molar-refractivity contribution in [3.63, 3.8) is 0 Å². The maximum absolute atomic E-state index is 13.3. The van der Waals surface area contributed by atoms with E-state index in [1.165, 1.54) is 10.5 Å². The summed E-state index contributed by atoms with van der Waals surface area (Å²) < 4.78 is 12.4. The fourth-order valence-electron chi connectivity index (χ4n) is 8.90. The van der Waals surface area contributed by atoms with Crippen molar-refractivity contribution in [2.24, 2.45) is 22.4 Å². The second-order valence-electron chi connectivity index (χ2n) is 15.0. The molecule has 7 rings (SSSR count). The Morgan fingerprint density at radius 3 is 2.12 bits per heavy atom. The van der Waals surface area contributed by atoms with E-state index in [9.17, 15) is 9.59 Å². The third-order valence-corrected chi connectivity index (χ3v) is 11.8. The maximum Gasteiger partial charge on any atom is 0.261 e. The highest BCUT2D eigenvalue weighted by molar-refractivity contribution is 6.21. The van der Waals surface area contributed by atoms with Gasteiger partial charge in [0.05, 0.1) is 31.9 Å². The first-order chi connectivity index (χ1) is 23.5. The van der Waals surface area contributed by atoms with Crippen LogP contribution in [-0.2, 0) is 5.41 Å². The van der Waals surface area contributed by atoms with Gasteiger partial charge in [-0.3, -0.25) is 14.5 Å². The molecule has 0 saturated heterocycles. The lowest BCUT2D eigenvalue weighted by molar-refractivity contribution is -0.0233. The van der Waals surface area contributed by atoms with Crippen LogP contribution in [0.4, 0.5) is 0 Å². The molecule has 8 nitrogen and oxygen atoms in total. The van der Waals surface area contributed by atoms with Crippen molar-refractivity contribution >= 4 is 11.8 Å². The first-order valence-corrected chi connectivity index (χ1v) is 17.5. The number of hydrogen-bond acceptors (Lipinski definition) is 5. The number of nitrogens with zero attached hydrogens (tertiary/aromatic N) is 4. The molecule has 0 unspecified atom stereocenters. The van der Waals surface area contributed by atoms with E-state index in [1.54, 1.807) is 26.4 Å². The molecule has 3 aromatic carbocycles. The van der Waals surface area contributed by atoms with Crippen LogP contribution in [0.1, 0.15) is 109 Å². The SMILES string of the molecule is COc1cc(C(C)(C)[C@@H](CCCCCN=[N+]=[N-])c2ccccc2)cc(OC)c1[C@H]1C=C(CN2C(=O)c3ccccc3C2=O)[C@H]2C[C@@H]1C2(C)C. The lowest BCUT2D eigenvalue weighted by Gasteiger charge is -2.60. The molecule has 4 aliphatic rings. The molecule has 256 valence electrons. The third-order valence-electron chi connectivity index (χ3n) is 11.8. The number of ether oxygens (including phenoxy) is 2. The van der Waals surface area contributed by atoms with Gasteiger partial charge in [-0.1, -0.05) is 99.8 Å². The summed E-state index contributed by atoms with van der Waals surface area (Å²) >= 11 is 0. The smallest absolute Gasteiger partial charge is 0.261 e. The summed E-state index contributed by atoms with van der Waals surface area (Å²) in [5, 5.41) is 3.71. The lowest BCUT2D eigenvalue weighted by atomic mass is 9.45. The highest BCUT2D eigenvalue weighted by Crippen LogP contribution is 2.65. The van der Waals surface area contributed by atoms with Crippen molar-refractivity contribution in [3.8, 4) is 11.5 Å². The predicted molar refractivity (Wildman–Crippen MR) is 192 cm³/mol. The molecule has 2 amide bonds. The van der Waals surface area contributed by atoms with Gasteiger partial charge in [-0.15, -0.1) is 0 Å². The molecule has 1 aliphatic heterocycles. The summed E-state index contributed by atoms with van der Waals surface area (Å²) in [5.41, 5.74) is 13.9. The Bertz CT molecular complexity index is 1750. The van der Waals surface area contributed by atoms with Crippen molar-refractivity contribution in [2.75, 3.05) is 27.3 Å².